The fraction of sp³-hybridized carbons (Fsp3) is 0. The van der Waals surface area contributed by atoms with Crippen molar-refractivity contribution in [3.05, 3.63) is 207 Å². The Labute approximate surface area is 356 Å². The number of nitrogens with zero attached hydrogens (tertiary/aromatic N) is 4. The van der Waals surface area contributed by atoms with E-state index >= 15 is 0 Å². The smallest absolute Gasteiger partial charge is 0.227 e. The fourth-order valence-corrected chi connectivity index (χ4v) is 7.59. The van der Waals surface area contributed by atoms with E-state index in [9.17, 15) is 0 Å². The molecule has 0 atom stereocenters. The molecule has 62 heavy (non-hydrogen) atoms. The van der Waals surface area contributed by atoms with Crippen molar-refractivity contribution in [2.75, 3.05) is 0 Å². The molecule has 11 rings (SSSR count). The van der Waals surface area contributed by atoms with Gasteiger partial charge in [-0.3, -0.25) is 0 Å². The topological polar surface area (TPSA) is 104 Å². The molecule has 8 heteroatoms. The molecule has 0 radical (unpaired) electrons. The van der Waals surface area contributed by atoms with Gasteiger partial charge in [0.15, 0.2) is 23.0 Å². The fourth-order valence-electron chi connectivity index (χ4n) is 7.59. The molecule has 0 aliphatic rings. The van der Waals surface area contributed by atoms with Crippen LogP contribution in [0.3, 0.4) is 0 Å². The molecule has 8 nitrogen and oxygen atoms in total. The number of oxazole rings is 4. The summed E-state index contributed by atoms with van der Waals surface area (Å²) in [6, 6.07) is 60.4. The molecule has 4 aromatic heterocycles. The summed E-state index contributed by atoms with van der Waals surface area (Å²) in [6.45, 7) is 0. The van der Waals surface area contributed by atoms with Gasteiger partial charge in [-0.25, -0.2) is 19.9 Å². The van der Waals surface area contributed by atoms with Crippen LogP contribution in [0, 0.1) is 0 Å². The number of hydrogen-bond acceptors (Lipinski definition) is 8. The van der Waals surface area contributed by atoms with Crippen molar-refractivity contribution in [3.63, 3.8) is 0 Å². The summed E-state index contributed by atoms with van der Waals surface area (Å²) in [5.74, 6) is 4.77. The Morgan fingerprint density at radius 3 is 0.823 bits per heavy atom. The summed E-state index contributed by atoms with van der Waals surface area (Å²) >= 11 is 0. The summed E-state index contributed by atoms with van der Waals surface area (Å²) in [6.07, 6.45) is 7.05. The lowest BCUT2D eigenvalue weighted by Gasteiger charge is -2.12. The lowest BCUT2D eigenvalue weighted by molar-refractivity contribution is 0.587. The van der Waals surface area contributed by atoms with Gasteiger partial charge in [-0.2, -0.15) is 0 Å². The molecule has 0 spiro atoms. The van der Waals surface area contributed by atoms with Gasteiger partial charge in [0.05, 0.1) is 24.8 Å². The van der Waals surface area contributed by atoms with Crippen LogP contribution in [0.1, 0.15) is 0 Å². The normalized spacial score (nSPS) is 11.2. The highest BCUT2D eigenvalue weighted by molar-refractivity contribution is 5.88. The Morgan fingerprint density at radius 2 is 0.500 bits per heavy atom. The number of aromatic nitrogens is 4. The van der Waals surface area contributed by atoms with Gasteiger partial charge in [-0.1, -0.05) is 146 Å². The summed E-state index contributed by atoms with van der Waals surface area (Å²) in [5.41, 5.74) is 10.8. The third-order valence-electron chi connectivity index (χ3n) is 10.8. The standard InChI is InChI=1S/C54H34N4O4/c1-5-13-37(14-6-1)47-31-55-51(59-47)41-25-27-43(53-57-33-49(61-53)39-17-9-3-10-18-39)45(29-41)35-21-23-36(24-22-35)46-30-42(52-56-32-48(60-52)38-15-7-2-8-16-38)26-28-44(46)54-58-34-50(62-54)40-19-11-4-12-20-40/h1-34H. The van der Waals surface area contributed by atoms with Crippen molar-refractivity contribution in [2.24, 2.45) is 0 Å². The second kappa shape index (κ2) is 15.9. The Kier molecular flexibility index (Phi) is 9.33. The van der Waals surface area contributed by atoms with E-state index in [1.807, 2.05) is 146 Å². The molecule has 0 saturated carbocycles. The van der Waals surface area contributed by atoms with Crippen molar-refractivity contribution in [1.82, 2.24) is 19.9 Å². The van der Waals surface area contributed by atoms with E-state index in [-0.39, 0.29) is 0 Å². The first-order chi connectivity index (χ1) is 30.7. The van der Waals surface area contributed by atoms with Crippen LogP contribution in [0.2, 0.25) is 0 Å². The van der Waals surface area contributed by atoms with Gasteiger partial charge < -0.3 is 17.7 Å². The van der Waals surface area contributed by atoms with Crippen LogP contribution in [0.5, 0.6) is 0 Å². The summed E-state index contributed by atoms with van der Waals surface area (Å²) in [5, 5.41) is 0. The molecule has 0 bridgehead atoms. The van der Waals surface area contributed by atoms with Crippen molar-refractivity contribution in [2.45, 2.75) is 0 Å². The molecule has 0 aliphatic heterocycles. The maximum absolute atomic E-state index is 6.42. The van der Waals surface area contributed by atoms with E-state index in [0.717, 1.165) is 66.8 Å². The zero-order chi connectivity index (χ0) is 41.2. The van der Waals surface area contributed by atoms with Crippen molar-refractivity contribution < 1.29 is 17.7 Å². The minimum Gasteiger partial charge on any atom is -0.436 e. The minimum atomic E-state index is 0.501. The van der Waals surface area contributed by atoms with E-state index in [0.29, 0.717) is 46.6 Å². The highest BCUT2D eigenvalue weighted by atomic mass is 16.4. The Bertz CT molecular complexity index is 3060. The van der Waals surface area contributed by atoms with Gasteiger partial charge in [0.1, 0.15) is 0 Å². The van der Waals surface area contributed by atoms with Gasteiger partial charge in [-0.15, -0.1) is 0 Å². The predicted molar refractivity (Wildman–Crippen MR) is 241 cm³/mol. The third-order valence-corrected chi connectivity index (χ3v) is 10.8. The van der Waals surface area contributed by atoms with E-state index in [1.54, 1.807) is 24.8 Å². The maximum Gasteiger partial charge on any atom is 0.227 e. The summed E-state index contributed by atoms with van der Waals surface area (Å²) in [7, 11) is 0. The predicted octanol–water partition coefficient (Wildman–Crippen LogP) is 14.3. The molecule has 11 aromatic rings. The lowest BCUT2D eigenvalue weighted by atomic mass is 9.93. The SMILES string of the molecule is c1ccc(-c2cnc(-c3ccc(-c4ncc(-c5ccccc5)o4)c(-c4ccc(-c5cc(-c6ncc(-c7ccccc7)o6)ccc5-c5ncc(-c6ccccc6)o5)cc4)c3)o2)cc1. The molecular weight excluding hydrogens is 769 g/mol. The second-order valence-electron chi connectivity index (χ2n) is 14.7. The van der Waals surface area contributed by atoms with Crippen LogP contribution in [0.15, 0.2) is 224 Å². The first-order valence-electron chi connectivity index (χ1n) is 20.2. The first kappa shape index (κ1) is 36.5. The quantitative estimate of drug-likeness (QED) is 0.135. The van der Waals surface area contributed by atoms with Gasteiger partial charge in [0.2, 0.25) is 23.6 Å². The van der Waals surface area contributed by atoms with Crippen molar-refractivity contribution >= 4 is 0 Å². The highest BCUT2D eigenvalue weighted by Crippen LogP contribution is 2.41. The lowest BCUT2D eigenvalue weighted by Crippen LogP contribution is -1.90. The Hall–Kier alpha value is -8.62. The highest BCUT2D eigenvalue weighted by Gasteiger charge is 2.20. The zero-order valence-corrected chi connectivity index (χ0v) is 33.1. The molecule has 0 N–H and O–H groups in total. The van der Waals surface area contributed by atoms with Crippen LogP contribution < -0.4 is 0 Å². The molecule has 4 heterocycles. The Balaban J connectivity index is 1.01. The maximum atomic E-state index is 6.42. The molecule has 0 aliphatic carbocycles. The van der Waals surface area contributed by atoms with Gasteiger partial charge >= 0.3 is 0 Å². The van der Waals surface area contributed by atoms with Crippen molar-refractivity contribution in [3.8, 4) is 113 Å². The van der Waals surface area contributed by atoms with Gasteiger partial charge in [0.25, 0.3) is 0 Å². The number of benzene rings is 7. The summed E-state index contributed by atoms with van der Waals surface area (Å²) in [4.78, 5) is 18.9. The first-order valence-corrected chi connectivity index (χ1v) is 20.2. The average Bonchev–Trinajstić information content (AvgIpc) is 4.21. The van der Waals surface area contributed by atoms with E-state index in [4.69, 9.17) is 27.6 Å². The number of rotatable bonds is 10. The molecule has 294 valence electrons. The van der Waals surface area contributed by atoms with E-state index < -0.39 is 0 Å². The summed E-state index contributed by atoms with van der Waals surface area (Å²) < 4.78 is 25.5. The molecular formula is C54H34N4O4. The number of hydrogen-bond donors (Lipinski definition) is 0. The molecule has 7 aromatic carbocycles. The monoisotopic (exact) mass is 802 g/mol. The van der Waals surface area contributed by atoms with Crippen LogP contribution in [-0.4, -0.2) is 19.9 Å². The molecule has 0 unspecified atom stereocenters. The van der Waals surface area contributed by atoms with Gasteiger partial charge in [0, 0.05) is 44.5 Å². The van der Waals surface area contributed by atoms with Crippen LogP contribution >= 0.6 is 0 Å². The second-order valence-corrected chi connectivity index (χ2v) is 14.7. The van der Waals surface area contributed by atoms with Crippen LogP contribution in [0.4, 0.5) is 0 Å². The average molecular weight is 803 g/mol. The van der Waals surface area contributed by atoms with Gasteiger partial charge in [-0.05, 0) is 58.7 Å². The molecule has 0 fully saturated rings. The van der Waals surface area contributed by atoms with Crippen molar-refractivity contribution in [1.29, 1.82) is 0 Å². The van der Waals surface area contributed by atoms with E-state index in [2.05, 4.69) is 46.4 Å². The Morgan fingerprint density at radius 1 is 0.226 bits per heavy atom. The minimum absolute atomic E-state index is 0.501. The zero-order valence-electron chi connectivity index (χ0n) is 33.1. The third kappa shape index (κ3) is 7.12. The largest absolute Gasteiger partial charge is 0.436 e. The molecule has 0 amide bonds. The molecule has 0 saturated heterocycles. The van der Waals surface area contributed by atoms with Crippen LogP contribution in [-0.2, 0) is 0 Å². The van der Waals surface area contributed by atoms with E-state index in [1.165, 1.54) is 0 Å². The van der Waals surface area contributed by atoms with Crippen LogP contribution in [0.25, 0.3) is 113 Å².